The molecule has 0 aliphatic heterocycles. The van der Waals surface area contributed by atoms with Gasteiger partial charge in [0.2, 0.25) is 0 Å². The first-order valence-corrected chi connectivity index (χ1v) is 7.59. The van der Waals surface area contributed by atoms with E-state index in [9.17, 15) is 0 Å². The Morgan fingerprint density at radius 3 is 2.30 bits per heavy atom. The average molecular weight is 279 g/mol. The van der Waals surface area contributed by atoms with Crippen molar-refractivity contribution in [3.05, 3.63) is 28.8 Å². The maximum atomic E-state index is 5.92. The van der Waals surface area contributed by atoms with E-state index in [4.69, 9.17) is 9.47 Å². The Kier molecular flexibility index (Phi) is 7.03. The third-order valence-corrected chi connectivity index (χ3v) is 3.70. The van der Waals surface area contributed by atoms with Crippen LogP contribution in [-0.2, 0) is 4.74 Å². The molecule has 0 aliphatic carbocycles. The molecule has 20 heavy (non-hydrogen) atoms. The van der Waals surface area contributed by atoms with Gasteiger partial charge >= 0.3 is 0 Å². The molecule has 1 aromatic carbocycles. The summed E-state index contributed by atoms with van der Waals surface area (Å²) in [6.07, 6.45) is 1.20. The van der Waals surface area contributed by atoms with Crippen molar-refractivity contribution in [1.29, 1.82) is 0 Å². The maximum absolute atomic E-state index is 5.92. The first kappa shape index (κ1) is 17.0. The third-order valence-electron chi connectivity index (χ3n) is 3.70. The number of methoxy groups -OCH3 is 1. The number of ether oxygens (including phenoxy) is 2. The highest BCUT2D eigenvalue weighted by atomic mass is 16.5. The van der Waals surface area contributed by atoms with Gasteiger partial charge in [0, 0.05) is 6.61 Å². The van der Waals surface area contributed by atoms with Gasteiger partial charge in [0.15, 0.2) is 0 Å². The van der Waals surface area contributed by atoms with E-state index in [0.29, 0.717) is 0 Å². The van der Waals surface area contributed by atoms with Crippen molar-refractivity contribution in [2.75, 3.05) is 20.3 Å². The predicted octanol–water partition coefficient (Wildman–Crippen LogP) is 3.78. The molecule has 2 unspecified atom stereocenters. The molecule has 0 amide bonds. The van der Waals surface area contributed by atoms with E-state index in [1.807, 2.05) is 0 Å². The molecule has 0 saturated heterocycles. The van der Waals surface area contributed by atoms with Crippen LogP contribution in [-0.4, -0.2) is 26.4 Å². The molecular formula is C17H29NO2. The number of likely N-dealkylation sites (N-methyl/N-ethyl adjacent to an activating group) is 1. The highest BCUT2D eigenvalue weighted by molar-refractivity contribution is 5.43. The van der Waals surface area contributed by atoms with Crippen LogP contribution in [0.25, 0.3) is 0 Å². The zero-order valence-corrected chi connectivity index (χ0v) is 13.7. The summed E-state index contributed by atoms with van der Waals surface area (Å²) in [7, 11) is 1.72. The largest absolute Gasteiger partial charge is 0.496 e. The number of hydrogen-bond acceptors (Lipinski definition) is 3. The summed E-state index contributed by atoms with van der Waals surface area (Å²) in [5.74, 6) is 0.950. The lowest BCUT2D eigenvalue weighted by Gasteiger charge is -2.29. The SMILES string of the molecule is CCNC(c1cc(C)c(OC)cc1C)C(CC)OCC. The molecule has 0 heterocycles. The molecule has 0 aliphatic rings. The topological polar surface area (TPSA) is 30.5 Å². The van der Waals surface area contributed by atoms with Gasteiger partial charge in [0.25, 0.3) is 0 Å². The lowest BCUT2D eigenvalue weighted by Crippen LogP contribution is -2.34. The zero-order valence-electron chi connectivity index (χ0n) is 13.7. The molecule has 2 atom stereocenters. The van der Waals surface area contributed by atoms with Gasteiger partial charge in [0.05, 0.1) is 19.3 Å². The molecule has 0 saturated carbocycles. The molecule has 0 aromatic heterocycles. The fourth-order valence-electron chi connectivity index (χ4n) is 2.69. The van der Waals surface area contributed by atoms with Crippen LogP contribution < -0.4 is 10.1 Å². The van der Waals surface area contributed by atoms with Crippen LogP contribution in [0.4, 0.5) is 0 Å². The van der Waals surface area contributed by atoms with Crippen LogP contribution in [0.2, 0.25) is 0 Å². The third kappa shape index (κ3) is 3.97. The first-order valence-electron chi connectivity index (χ1n) is 7.59. The number of aryl methyl sites for hydroxylation is 2. The Hall–Kier alpha value is -1.06. The average Bonchev–Trinajstić information content (AvgIpc) is 2.45. The summed E-state index contributed by atoms with van der Waals surface area (Å²) in [6.45, 7) is 12.3. The van der Waals surface area contributed by atoms with Crippen molar-refractivity contribution in [3.63, 3.8) is 0 Å². The van der Waals surface area contributed by atoms with E-state index in [-0.39, 0.29) is 12.1 Å². The van der Waals surface area contributed by atoms with Crippen LogP contribution in [0.1, 0.15) is 49.9 Å². The summed E-state index contributed by atoms with van der Waals surface area (Å²) in [5.41, 5.74) is 3.73. The van der Waals surface area contributed by atoms with Crippen molar-refractivity contribution >= 4 is 0 Å². The summed E-state index contributed by atoms with van der Waals surface area (Å²) in [5, 5.41) is 3.57. The van der Waals surface area contributed by atoms with Gasteiger partial charge in [0.1, 0.15) is 5.75 Å². The second kappa shape index (κ2) is 8.28. The minimum Gasteiger partial charge on any atom is -0.496 e. The van der Waals surface area contributed by atoms with Crippen molar-refractivity contribution in [2.45, 2.75) is 53.2 Å². The van der Waals surface area contributed by atoms with Crippen molar-refractivity contribution in [2.24, 2.45) is 0 Å². The van der Waals surface area contributed by atoms with E-state index in [1.54, 1.807) is 7.11 Å². The molecule has 0 spiro atoms. The lowest BCUT2D eigenvalue weighted by molar-refractivity contribution is 0.0316. The van der Waals surface area contributed by atoms with E-state index in [1.165, 1.54) is 16.7 Å². The molecule has 3 heteroatoms. The van der Waals surface area contributed by atoms with Gasteiger partial charge in [-0.2, -0.15) is 0 Å². The van der Waals surface area contributed by atoms with Crippen molar-refractivity contribution in [1.82, 2.24) is 5.32 Å². The molecule has 0 fully saturated rings. The molecule has 114 valence electrons. The van der Waals surface area contributed by atoms with E-state index >= 15 is 0 Å². The van der Waals surface area contributed by atoms with Crippen LogP contribution in [0.5, 0.6) is 5.75 Å². The minimum atomic E-state index is 0.200. The predicted molar refractivity (Wildman–Crippen MR) is 84.6 cm³/mol. The van der Waals surface area contributed by atoms with Gasteiger partial charge in [-0.3, -0.25) is 0 Å². The molecule has 1 rings (SSSR count). The second-order valence-corrected chi connectivity index (χ2v) is 5.12. The van der Waals surface area contributed by atoms with Gasteiger partial charge in [-0.1, -0.05) is 19.9 Å². The smallest absolute Gasteiger partial charge is 0.122 e. The summed E-state index contributed by atoms with van der Waals surface area (Å²) in [4.78, 5) is 0. The Morgan fingerprint density at radius 2 is 1.80 bits per heavy atom. The molecule has 1 N–H and O–H groups in total. The zero-order chi connectivity index (χ0) is 15.1. The number of rotatable bonds is 8. The van der Waals surface area contributed by atoms with Crippen molar-refractivity contribution < 1.29 is 9.47 Å². The summed E-state index contributed by atoms with van der Waals surface area (Å²) >= 11 is 0. The van der Waals surface area contributed by atoms with Crippen LogP contribution >= 0.6 is 0 Å². The van der Waals surface area contributed by atoms with Gasteiger partial charge < -0.3 is 14.8 Å². The monoisotopic (exact) mass is 279 g/mol. The Balaban J connectivity index is 3.16. The lowest BCUT2D eigenvalue weighted by atomic mass is 9.93. The molecule has 1 aromatic rings. The van der Waals surface area contributed by atoms with E-state index in [0.717, 1.165) is 25.3 Å². The Labute approximate surface area is 123 Å². The molecule has 0 radical (unpaired) electrons. The maximum Gasteiger partial charge on any atom is 0.122 e. The van der Waals surface area contributed by atoms with Crippen LogP contribution in [0, 0.1) is 13.8 Å². The van der Waals surface area contributed by atoms with Crippen LogP contribution in [0.3, 0.4) is 0 Å². The molecule has 0 bridgehead atoms. The standard InChI is InChI=1S/C17H29NO2/c1-7-15(20-9-3)17(18-8-2)14-10-13(5)16(19-6)11-12(14)4/h10-11,15,17-18H,7-9H2,1-6H3. The highest BCUT2D eigenvalue weighted by Gasteiger charge is 2.23. The first-order chi connectivity index (χ1) is 9.58. The fourth-order valence-corrected chi connectivity index (χ4v) is 2.69. The fraction of sp³-hybridized carbons (Fsp3) is 0.647. The van der Waals surface area contributed by atoms with Gasteiger partial charge in [-0.25, -0.2) is 0 Å². The van der Waals surface area contributed by atoms with Crippen LogP contribution in [0.15, 0.2) is 12.1 Å². The van der Waals surface area contributed by atoms with E-state index in [2.05, 4.69) is 52.1 Å². The molecular weight excluding hydrogens is 250 g/mol. The van der Waals surface area contributed by atoms with Gasteiger partial charge in [-0.05, 0) is 56.5 Å². The normalized spacial score (nSPS) is 14.1. The number of nitrogens with one attached hydrogen (secondary N) is 1. The van der Waals surface area contributed by atoms with Gasteiger partial charge in [-0.15, -0.1) is 0 Å². The quantitative estimate of drug-likeness (QED) is 0.785. The minimum absolute atomic E-state index is 0.200. The molecule has 3 nitrogen and oxygen atoms in total. The highest BCUT2D eigenvalue weighted by Crippen LogP contribution is 2.30. The number of benzene rings is 1. The second-order valence-electron chi connectivity index (χ2n) is 5.12. The van der Waals surface area contributed by atoms with E-state index < -0.39 is 0 Å². The Morgan fingerprint density at radius 1 is 1.10 bits per heavy atom. The number of hydrogen-bond donors (Lipinski definition) is 1. The summed E-state index contributed by atoms with van der Waals surface area (Å²) in [6, 6.07) is 4.58. The summed E-state index contributed by atoms with van der Waals surface area (Å²) < 4.78 is 11.3. The Bertz CT molecular complexity index is 418. The van der Waals surface area contributed by atoms with Crippen molar-refractivity contribution in [3.8, 4) is 5.75 Å².